The van der Waals surface area contributed by atoms with Crippen molar-refractivity contribution < 1.29 is 9.90 Å². The Morgan fingerprint density at radius 3 is 2.93 bits per heavy atom. The minimum absolute atomic E-state index is 0.168. The van der Waals surface area contributed by atoms with E-state index in [4.69, 9.17) is 5.11 Å². The topological polar surface area (TPSA) is 49.3 Å². The van der Waals surface area contributed by atoms with Crippen molar-refractivity contribution in [3.05, 3.63) is 20.8 Å². The van der Waals surface area contributed by atoms with Crippen LogP contribution in [0.3, 0.4) is 0 Å². The predicted molar refractivity (Wildman–Crippen MR) is 66.6 cm³/mol. The van der Waals surface area contributed by atoms with E-state index >= 15 is 0 Å². The minimum Gasteiger partial charge on any atom is -0.480 e. The van der Waals surface area contributed by atoms with Gasteiger partial charge in [-0.3, -0.25) is 10.1 Å². The first-order chi connectivity index (χ1) is 7.16. The number of carboxylic acids is 1. The fourth-order valence-corrected chi connectivity index (χ4v) is 4.18. The summed E-state index contributed by atoms with van der Waals surface area (Å²) < 4.78 is 1.08. The summed E-state index contributed by atoms with van der Waals surface area (Å²) in [4.78, 5) is 12.0. The van der Waals surface area contributed by atoms with Gasteiger partial charge < -0.3 is 5.11 Å². The van der Waals surface area contributed by atoms with Gasteiger partial charge in [0.1, 0.15) is 6.04 Å². The van der Waals surface area contributed by atoms with Gasteiger partial charge in [-0.25, -0.2) is 0 Å². The summed E-state index contributed by atoms with van der Waals surface area (Å²) >= 11 is 6.76. The van der Waals surface area contributed by atoms with Crippen LogP contribution >= 0.6 is 39.0 Å². The molecule has 1 saturated heterocycles. The Bertz CT molecular complexity index is 369. The third-order valence-electron chi connectivity index (χ3n) is 2.21. The van der Waals surface area contributed by atoms with E-state index in [1.165, 1.54) is 4.88 Å². The Kier molecular flexibility index (Phi) is 3.71. The molecule has 0 aromatic carbocycles. The lowest BCUT2D eigenvalue weighted by molar-refractivity contribution is -0.139. The number of nitrogens with one attached hydrogen (secondary N) is 1. The van der Waals surface area contributed by atoms with E-state index in [9.17, 15) is 4.79 Å². The van der Waals surface area contributed by atoms with E-state index in [0.29, 0.717) is 5.75 Å². The lowest BCUT2D eigenvalue weighted by Crippen LogP contribution is -2.45. The largest absolute Gasteiger partial charge is 0.480 e. The van der Waals surface area contributed by atoms with E-state index in [2.05, 4.69) is 21.2 Å². The number of hydrogen-bond acceptors (Lipinski definition) is 4. The standard InChI is InChI=1S/C9H10BrNO2S2/c10-8-2-1-7(15-8)5-3-14-4-6(11-5)9(12)13/h1-2,5-6,11H,3-4H2,(H,12,13). The van der Waals surface area contributed by atoms with Crippen molar-refractivity contribution in [2.75, 3.05) is 11.5 Å². The van der Waals surface area contributed by atoms with Gasteiger partial charge in [0.15, 0.2) is 0 Å². The fourth-order valence-electron chi connectivity index (χ4n) is 1.47. The molecular formula is C9H10BrNO2S2. The molecule has 2 unspecified atom stereocenters. The van der Waals surface area contributed by atoms with Crippen molar-refractivity contribution in [1.29, 1.82) is 0 Å². The monoisotopic (exact) mass is 307 g/mol. The van der Waals surface area contributed by atoms with E-state index in [1.807, 2.05) is 12.1 Å². The number of thiophene rings is 1. The highest BCUT2D eigenvalue weighted by atomic mass is 79.9. The smallest absolute Gasteiger partial charge is 0.321 e. The molecule has 2 rings (SSSR count). The molecule has 1 aliphatic rings. The van der Waals surface area contributed by atoms with Crippen LogP contribution < -0.4 is 5.32 Å². The molecule has 15 heavy (non-hydrogen) atoms. The van der Waals surface area contributed by atoms with Crippen molar-refractivity contribution >= 4 is 45.0 Å². The summed E-state index contributed by atoms with van der Waals surface area (Å²) in [5.74, 6) is 0.831. The maximum Gasteiger partial charge on any atom is 0.321 e. The second kappa shape index (κ2) is 4.86. The van der Waals surface area contributed by atoms with Crippen molar-refractivity contribution in [3.63, 3.8) is 0 Å². The summed E-state index contributed by atoms with van der Waals surface area (Å²) in [7, 11) is 0. The molecule has 0 bridgehead atoms. The summed E-state index contributed by atoms with van der Waals surface area (Å²) in [6.45, 7) is 0. The van der Waals surface area contributed by atoms with Crippen LogP contribution in [-0.2, 0) is 4.79 Å². The summed E-state index contributed by atoms with van der Waals surface area (Å²) in [5.41, 5.74) is 0. The molecule has 1 aromatic heterocycles. The zero-order valence-corrected chi connectivity index (χ0v) is 11.0. The fraction of sp³-hybridized carbons (Fsp3) is 0.444. The lowest BCUT2D eigenvalue weighted by atomic mass is 10.2. The number of carboxylic acid groups (broad SMARTS) is 1. The van der Waals surface area contributed by atoms with Crippen LogP contribution in [0.5, 0.6) is 0 Å². The summed E-state index contributed by atoms with van der Waals surface area (Å²) in [6, 6.07) is 3.78. The molecule has 1 fully saturated rings. The first-order valence-corrected chi connectivity index (χ1v) is 7.25. The van der Waals surface area contributed by atoms with Crippen LogP contribution in [0.1, 0.15) is 10.9 Å². The number of aliphatic carboxylic acids is 1. The van der Waals surface area contributed by atoms with Crippen molar-refractivity contribution in [3.8, 4) is 0 Å². The quantitative estimate of drug-likeness (QED) is 0.880. The van der Waals surface area contributed by atoms with E-state index in [-0.39, 0.29) is 6.04 Å². The first-order valence-electron chi connectivity index (χ1n) is 4.48. The second-order valence-electron chi connectivity index (χ2n) is 3.29. The Hall–Kier alpha value is -0.0400. The van der Waals surface area contributed by atoms with Gasteiger partial charge >= 0.3 is 5.97 Å². The molecule has 3 nitrogen and oxygen atoms in total. The molecular weight excluding hydrogens is 298 g/mol. The van der Waals surface area contributed by atoms with Crippen LogP contribution in [-0.4, -0.2) is 28.6 Å². The van der Waals surface area contributed by atoms with Gasteiger partial charge in [0, 0.05) is 16.4 Å². The van der Waals surface area contributed by atoms with Crippen LogP contribution in [0.2, 0.25) is 0 Å². The summed E-state index contributed by atoms with van der Waals surface area (Å²) in [6.07, 6.45) is 0. The Morgan fingerprint density at radius 1 is 1.53 bits per heavy atom. The van der Waals surface area contributed by atoms with Crippen molar-refractivity contribution in [2.45, 2.75) is 12.1 Å². The molecule has 0 radical (unpaired) electrons. The third-order valence-corrected chi connectivity index (χ3v) is 5.08. The molecule has 0 spiro atoms. The first kappa shape index (κ1) is 11.4. The molecule has 0 saturated carbocycles. The molecule has 1 aliphatic heterocycles. The molecule has 0 aliphatic carbocycles. The zero-order valence-electron chi connectivity index (χ0n) is 7.77. The minimum atomic E-state index is -0.761. The Morgan fingerprint density at radius 2 is 2.33 bits per heavy atom. The number of thioether (sulfide) groups is 1. The van der Waals surface area contributed by atoms with Gasteiger partial charge in [-0.15, -0.1) is 11.3 Å². The zero-order chi connectivity index (χ0) is 10.8. The summed E-state index contributed by atoms with van der Waals surface area (Å²) in [5, 5.41) is 12.1. The van der Waals surface area contributed by atoms with Crippen LogP contribution in [0.25, 0.3) is 0 Å². The van der Waals surface area contributed by atoms with Crippen LogP contribution in [0.4, 0.5) is 0 Å². The van der Waals surface area contributed by atoms with E-state index in [0.717, 1.165) is 9.54 Å². The van der Waals surface area contributed by atoms with Gasteiger partial charge in [0.2, 0.25) is 0 Å². The lowest BCUT2D eigenvalue weighted by Gasteiger charge is -2.27. The van der Waals surface area contributed by atoms with Gasteiger partial charge in [-0.1, -0.05) is 0 Å². The molecule has 6 heteroatoms. The van der Waals surface area contributed by atoms with Crippen LogP contribution in [0.15, 0.2) is 15.9 Å². The number of halogens is 1. The molecule has 2 N–H and O–H groups in total. The number of rotatable bonds is 2. The van der Waals surface area contributed by atoms with Gasteiger partial charge in [-0.05, 0) is 28.1 Å². The molecule has 2 heterocycles. The normalized spacial score (nSPS) is 26.5. The maximum absolute atomic E-state index is 10.9. The highest BCUT2D eigenvalue weighted by molar-refractivity contribution is 9.11. The second-order valence-corrected chi connectivity index (χ2v) is 6.86. The van der Waals surface area contributed by atoms with E-state index < -0.39 is 12.0 Å². The molecule has 0 amide bonds. The molecule has 82 valence electrons. The van der Waals surface area contributed by atoms with E-state index in [1.54, 1.807) is 23.1 Å². The number of carbonyl (C=O) groups is 1. The highest BCUT2D eigenvalue weighted by Gasteiger charge is 2.27. The third kappa shape index (κ3) is 2.75. The van der Waals surface area contributed by atoms with Gasteiger partial charge in [0.25, 0.3) is 0 Å². The van der Waals surface area contributed by atoms with Crippen molar-refractivity contribution in [1.82, 2.24) is 5.32 Å². The van der Waals surface area contributed by atoms with Crippen LogP contribution in [0, 0.1) is 0 Å². The van der Waals surface area contributed by atoms with Gasteiger partial charge in [-0.2, -0.15) is 11.8 Å². The molecule has 1 aromatic rings. The molecule has 2 atom stereocenters. The Balaban J connectivity index is 2.07. The average Bonchev–Trinajstić information content (AvgIpc) is 2.65. The highest BCUT2D eigenvalue weighted by Crippen LogP contribution is 2.31. The number of hydrogen-bond donors (Lipinski definition) is 2. The Labute approximate surface area is 104 Å². The maximum atomic E-state index is 10.9. The SMILES string of the molecule is O=C(O)C1CSCC(c2ccc(Br)s2)N1. The van der Waals surface area contributed by atoms with Crippen molar-refractivity contribution in [2.24, 2.45) is 0 Å². The van der Waals surface area contributed by atoms with Gasteiger partial charge in [0.05, 0.1) is 9.83 Å². The predicted octanol–water partition coefficient (Wildman–Crippen LogP) is 2.34. The average molecular weight is 308 g/mol.